The van der Waals surface area contributed by atoms with Gasteiger partial charge in [0.1, 0.15) is 23.3 Å². The largest absolute Gasteiger partial charge is 0.393 e. The van der Waals surface area contributed by atoms with Gasteiger partial charge in [-0.25, -0.2) is 23.3 Å². The van der Waals surface area contributed by atoms with Crippen LogP contribution >= 0.6 is 0 Å². The van der Waals surface area contributed by atoms with E-state index in [1.807, 2.05) is 11.0 Å². The van der Waals surface area contributed by atoms with Crippen LogP contribution in [0.2, 0.25) is 0 Å². The Bertz CT molecular complexity index is 1300. The van der Waals surface area contributed by atoms with Gasteiger partial charge in [0, 0.05) is 24.2 Å². The molecule has 1 saturated heterocycles. The molecule has 0 amide bonds. The van der Waals surface area contributed by atoms with Gasteiger partial charge < -0.3 is 10.0 Å². The van der Waals surface area contributed by atoms with Gasteiger partial charge in [-0.05, 0) is 49.9 Å². The van der Waals surface area contributed by atoms with E-state index < -0.39 is 11.6 Å². The highest BCUT2D eigenvalue weighted by Crippen LogP contribution is 2.38. The molecule has 2 fully saturated rings. The Morgan fingerprint density at radius 3 is 2.84 bits per heavy atom. The lowest BCUT2D eigenvalue weighted by Gasteiger charge is -2.29. The molecule has 1 aliphatic heterocycles. The summed E-state index contributed by atoms with van der Waals surface area (Å²) in [4.78, 5) is 11.4. The topological polar surface area (TPSA) is 95.2 Å². The number of H-pyrrole nitrogens is 1. The molecule has 1 aromatic carbocycles. The fraction of sp³-hybridized carbons (Fsp3) is 0.364. The van der Waals surface area contributed by atoms with Gasteiger partial charge in [-0.1, -0.05) is 0 Å². The van der Waals surface area contributed by atoms with Gasteiger partial charge in [-0.2, -0.15) is 10.2 Å². The van der Waals surface area contributed by atoms with Crippen molar-refractivity contribution < 1.29 is 13.9 Å². The SMILES string of the molecule is OC1CC(c2nc(-c3cnn4ccc(N5CCC[C@@H]5c5cc(F)ccc5F)nc34)n[nH]2)C1. The monoisotopic (exact) mass is 437 g/mol. The van der Waals surface area contributed by atoms with E-state index in [4.69, 9.17) is 4.98 Å². The second-order valence-electron chi connectivity index (χ2n) is 8.50. The van der Waals surface area contributed by atoms with Crippen molar-refractivity contribution in [3.63, 3.8) is 0 Å². The van der Waals surface area contributed by atoms with Crippen molar-refractivity contribution in [2.45, 2.75) is 43.7 Å². The van der Waals surface area contributed by atoms with E-state index in [0.717, 1.165) is 24.7 Å². The second kappa shape index (κ2) is 7.33. The molecule has 2 N–H and O–H groups in total. The Morgan fingerprint density at radius 1 is 1.12 bits per heavy atom. The van der Waals surface area contributed by atoms with E-state index in [-0.39, 0.29) is 18.1 Å². The van der Waals surface area contributed by atoms with Gasteiger partial charge in [-0.15, -0.1) is 0 Å². The molecule has 8 nitrogen and oxygen atoms in total. The lowest BCUT2D eigenvalue weighted by molar-refractivity contribution is 0.0718. The van der Waals surface area contributed by atoms with Crippen LogP contribution in [0, 0.1) is 11.6 Å². The first-order valence-electron chi connectivity index (χ1n) is 10.7. The molecule has 0 unspecified atom stereocenters. The Morgan fingerprint density at radius 2 is 2.00 bits per heavy atom. The molecule has 3 aromatic heterocycles. The van der Waals surface area contributed by atoms with Crippen LogP contribution in [-0.2, 0) is 0 Å². The maximum atomic E-state index is 14.5. The van der Waals surface area contributed by atoms with Crippen LogP contribution in [0.1, 0.15) is 49.0 Å². The molecule has 0 radical (unpaired) electrons. The van der Waals surface area contributed by atoms with Crippen LogP contribution in [0.25, 0.3) is 17.0 Å². The van der Waals surface area contributed by atoms with E-state index in [9.17, 15) is 13.9 Å². The minimum atomic E-state index is -0.450. The summed E-state index contributed by atoms with van der Waals surface area (Å²) >= 11 is 0. The van der Waals surface area contributed by atoms with E-state index in [1.165, 1.54) is 12.1 Å². The van der Waals surface area contributed by atoms with Crippen LogP contribution in [0.3, 0.4) is 0 Å². The number of aromatic nitrogens is 6. The summed E-state index contributed by atoms with van der Waals surface area (Å²) in [6.45, 7) is 0.697. The number of rotatable bonds is 4. The summed E-state index contributed by atoms with van der Waals surface area (Å²) in [5.41, 5.74) is 1.62. The minimum Gasteiger partial charge on any atom is -0.393 e. The van der Waals surface area contributed by atoms with Crippen molar-refractivity contribution in [2.24, 2.45) is 0 Å². The molecule has 32 heavy (non-hydrogen) atoms. The third kappa shape index (κ3) is 3.13. The van der Waals surface area contributed by atoms with Crippen LogP contribution in [0.4, 0.5) is 14.6 Å². The smallest absolute Gasteiger partial charge is 0.186 e. The number of aliphatic hydroxyl groups is 1. The van der Waals surface area contributed by atoms with Gasteiger partial charge in [-0.3, -0.25) is 5.10 Å². The number of aromatic amines is 1. The Hall–Kier alpha value is -3.40. The highest BCUT2D eigenvalue weighted by atomic mass is 19.1. The van der Waals surface area contributed by atoms with Crippen molar-refractivity contribution in [3.05, 3.63) is 59.7 Å². The van der Waals surface area contributed by atoms with E-state index in [0.29, 0.717) is 47.8 Å². The van der Waals surface area contributed by atoms with Gasteiger partial charge in [0.15, 0.2) is 11.5 Å². The maximum absolute atomic E-state index is 14.5. The van der Waals surface area contributed by atoms with E-state index in [1.54, 1.807) is 16.9 Å². The average Bonchev–Trinajstić information content (AvgIpc) is 3.51. The summed E-state index contributed by atoms with van der Waals surface area (Å²) in [7, 11) is 0. The fourth-order valence-electron chi connectivity index (χ4n) is 4.70. The number of fused-ring (bicyclic) bond motifs is 1. The number of hydrogen-bond acceptors (Lipinski definition) is 6. The predicted molar refractivity (Wildman–Crippen MR) is 112 cm³/mol. The van der Waals surface area contributed by atoms with Crippen LogP contribution < -0.4 is 4.90 Å². The van der Waals surface area contributed by atoms with E-state index >= 15 is 0 Å². The van der Waals surface area contributed by atoms with Crippen LogP contribution in [0.5, 0.6) is 0 Å². The predicted octanol–water partition coefficient (Wildman–Crippen LogP) is 3.37. The zero-order valence-electron chi connectivity index (χ0n) is 17.1. The molecule has 1 atom stereocenters. The Balaban J connectivity index is 1.35. The first kappa shape index (κ1) is 19.3. The standard InChI is InChI=1S/C22H21F2N7O/c23-13-3-4-17(24)15(10-13)18-2-1-6-30(18)19-5-7-31-22(26-19)16(11-25-31)21-27-20(28-29-21)12-8-14(32)9-12/h3-5,7,10-12,14,18,32H,1-2,6,8-9H2,(H,27,28,29)/t12?,14?,18-/m1/s1. The summed E-state index contributed by atoms with van der Waals surface area (Å²) in [6, 6.07) is 5.13. The quantitative estimate of drug-likeness (QED) is 0.508. The molecule has 0 spiro atoms. The Kier molecular flexibility index (Phi) is 4.42. The number of nitrogens with one attached hydrogen (secondary N) is 1. The minimum absolute atomic E-state index is 0.183. The number of anilines is 1. The molecule has 1 saturated carbocycles. The van der Waals surface area contributed by atoms with Gasteiger partial charge in [0.2, 0.25) is 0 Å². The molecule has 0 bridgehead atoms. The van der Waals surface area contributed by atoms with Crippen molar-refractivity contribution in [3.8, 4) is 11.4 Å². The molecule has 4 aromatic rings. The van der Waals surface area contributed by atoms with Crippen molar-refractivity contribution in [1.82, 2.24) is 29.8 Å². The molecule has 2 aliphatic rings. The highest BCUT2D eigenvalue weighted by Gasteiger charge is 2.32. The molecular weight excluding hydrogens is 416 g/mol. The van der Waals surface area contributed by atoms with E-state index in [2.05, 4.69) is 20.3 Å². The molecule has 1 aliphatic carbocycles. The lowest BCUT2D eigenvalue weighted by atomic mass is 9.82. The summed E-state index contributed by atoms with van der Waals surface area (Å²) < 4.78 is 29.9. The van der Waals surface area contributed by atoms with Crippen molar-refractivity contribution in [2.75, 3.05) is 11.4 Å². The number of halogens is 2. The van der Waals surface area contributed by atoms with Crippen molar-refractivity contribution in [1.29, 1.82) is 0 Å². The summed E-state index contributed by atoms with van der Waals surface area (Å²) in [5, 5.41) is 21.2. The average molecular weight is 437 g/mol. The van der Waals surface area contributed by atoms with Crippen molar-refractivity contribution >= 4 is 11.5 Å². The Labute approximate surface area is 181 Å². The number of nitrogens with zero attached hydrogens (tertiary/aromatic N) is 6. The zero-order valence-corrected chi connectivity index (χ0v) is 17.1. The maximum Gasteiger partial charge on any atom is 0.186 e. The highest BCUT2D eigenvalue weighted by molar-refractivity contribution is 5.73. The second-order valence-corrected chi connectivity index (χ2v) is 8.50. The molecule has 164 valence electrons. The number of benzene rings is 1. The third-order valence-electron chi connectivity index (χ3n) is 6.46. The first-order chi connectivity index (χ1) is 15.6. The normalized spacial score (nSPS) is 23.1. The van der Waals surface area contributed by atoms with Crippen LogP contribution in [0.15, 0.2) is 36.7 Å². The lowest BCUT2D eigenvalue weighted by Crippen LogP contribution is -2.27. The van der Waals surface area contributed by atoms with Gasteiger partial charge in [0.25, 0.3) is 0 Å². The molecule has 6 rings (SSSR count). The zero-order chi connectivity index (χ0) is 21.8. The van der Waals surface area contributed by atoms with Crippen LogP contribution in [-0.4, -0.2) is 47.5 Å². The first-order valence-corrected chi connectivity index (χ1v) is 10.7. The third-order valence-corrected chi connectivity index (χ3v) is 6.46. The fourth-order valence-corrected chi connectivity index (χ4v) is 4.70. The molecule has 4 heterocycles. The molecular formula is C22H21F2N7O. The van der Waals surface area contributed by atoms with Gasteiger partial charge in [0.05, 0.1) is 23.9 Å². The number of aliphatic hydroxyl groups excluding tert-OH is 1. The summed E-state index contributed by atoms with van der Waals surface area (Å²) in [5.74, 6) is 1.24. The molecule has 10 heteroatoms. The summed E-state index contributed by atoms with van der Waals surface area (Å²) in [6.07, 6.45) is 6.13. The number of hydrogen-bond donors (Lipinski definition) is 2. The van der Waals surface area contributed by atoms with Gasteiger partial charge >= 0.3 is 0 Å².